The Bertz CT molecular complexity index is 369. The molecule has 0 heterocycles. The van der Waals surface area contributed by atoms with Crippen molar-refractivity contribution < 1.29 is 14.3 Å². The number of ether oxygens (including phenoxy) is 2. The molecule has 15 heavy (non-hydrogen) atoms. The molecular formula is C12H16O3. The highest BCUT2D eigenvalue weighted by molar-refractivity contribution is 5.93. The van der Waals surface area contributed by atoms with Gasteiger partial charge in [-0.25, -0.2) is 4.79 Å². The van der Waals surface area contributed by atoms with Gasteiger partial charge in [0.15, 0.2) is 0 Å². The van der Waals surface area contributed by atoms with E-state index in [9.17, 15) is 4.79 Å². The lowest BCUT2D eigenvalue weighted by atomic mass is 10.0. The fourth-order valence-electron chi connectivity index (χ4n) is 1.42. The van der Waals surface area contributed by atoms with Gasteiger partial charge in [0.05, 0.1) is 13.7 Å². The van der Waals surface area contributed by atoms with Gasteiger partial charge in [-0.15, -0.1) is 0 Å². The Morgan fingerprint density at radius 3 is 2.53 bits per heavy atom. The molecule has 0 radical (unpaired) electrons. The first-order valence-corrected chi connectivity index (χ1v) is 4.93. The molecular weight excluding hydrogens is 192 g/mol. The van der Waals surface area contributed by atoms with Gasteiger partial charge in [0.2, 0.25) is 0 Å². The molecule has 0 unspecified atom stereocenters. The Morgan fingerprint density at radius 2 is 2.00 bits per heavy atom. The SMILES string of the molecule is CCOC(=O)c1ccc(C)c(C)c1OC. The summed E-state index contributed by atoms with van der Waals surface area (Å²) in [6.07, 6.45) is 0. The number of benzene rings is 1. The summed E-state index contributed by atoms with van der Waals surface area (Å²) in [6, 6.07) is 3.63. The minimum atomic E-state index is -0.336. The standard InChI is InChI=1S/C12H16O3/c1-5-15-12(13)10-7-6-8(2)9(3)11(10)14-4/h6-7H,5H2,1-4H3. The van der Waals surface area contributed by atoms with Crippen LogP contribution in [0.3, 0.4) is 0 Å². The molecule has 1 aromatic rings. The maximum Gasteiger partial charge on any atom is 0.341 e. The average Bonchev–Trinajstić information content (AvgIpc) is 2.22. The number of methoxy groups -OCH3 is 1. The van der Waals surface area contributed by atoms with E-state index in [4.69, 9.17) is 9.47 Å². The largest absolute Gasteiger partial charge is 0.496 e. The van der Waals surface area contributed by atoms with Crippen molar-refractivity contribution in [1.82, 2.24) is 0 Å². The number of hydrogen-bond donors (Lipinski definition) is 0. The summed E-state index contributed by atoms with van der Waals surface area (Å²) in [5.74, 6) is 0.269. The third kappa shape index (κ3) is 2.29. The Morgan fingerprint density at radius 1 is 1.33 bits per heavy atom. The predicted octanol–water partition coefficient (Wildman–Crippen LogP) is 2.49. The molecule has 0 saturated heterocycles. The minimum Gasteiger partial charge on any atom is -0.496 e. The van der Waals surface area contributed by atoms with E-state index in [1.807, 2.05) is 19.9 Å². The van der Waals surface area contributed by atoms with Crippen LogP contribution in [0.5, 0.6) is 5.75 Å². The summed E-state index contributed by atoms with van der Waals surface area (Å²) in [5.41, 5.74) is 2.56. The van der Waals surface area contributed by atoms with Crippen molar-refractivity contribution in [2.24, 2.45) is 0 Å². The molecule has 0 aromatic heterocycles. The van der Waals surface area contributed by atoms with Gasteiger partial charge in [0.25, 0.3) is 0 Å². The number of rotatable bonds is 3. The van der Waals surface area contributed by atoms with E-state index in [2.05, 4.69) is 0 Å². The van der Waals surface area contributed by atoms with Gasteiger partial charge < -0.3 is 9.47 Å². The van der Waals surface area contributed by atoms with Gasteiger partial charge in [0.1, 0.15) is 11.3 Å². The Labute approximate surface area is 90.0 Å². The van der Waals surface area contributed by atoms with Gasteiger partial charge >= 0.3 is 5.97 Å². The Balaban J connectivity index is 3.18. The van der Waals surface area contributed by atoms with Crippen LogP contribution in [0.4, 0.5) is 0 Å². The summed E-state index contributed by atoms with van der Waals surface area (Å²) in [4.78, 5) is 11.6. The number of carbonyl (C=O) groups excluding carboxylic acids is 1. The molecule has 0 amide bonds. The molecule has 0 bridgehead atoms. The Hall–Kier alpha value is -1.51. The van der Waals surface area contributed by atoms with Crippen molar-refractivity contribution in [3.05, 3.63) is 28.8 Å². The zero-order valence-corrected chi connectivity index (χ0v) is 9.59. The van der Waals surface area contributed by atoms with Gasteiger partial charge in [0, 0.05) is 0 Å². The fraction of sp³-hybridized carbons (Fsp3) is 0.417. The fourth-order valence-corrected chi connectivity index (χ4v) is 1.42. The molecule has 1 aromatic carbocycles. The Kier molecular flexibility index (Phi) is 3.72. The topological polar surface area (TPSA) is 35.5 Å². The smallest absolute Gasteiger partial charge is 0.341 e. The molecule has 0 saturated carbocycles. The lowest BCUT2D eigenvalue weighted by molar-refractivity contribution is 0.0522. The van der Waals surface area contributed by atoms with Crippen LogP contribution in [0.2, 0.25) is 0 Å². The molecule has 0 N–H and O–H groups in total. The second-order valence-corrected chi connectivity index (χ2v) is 3.31. The van der Waals surface area contributed by atoms with Crippen LogP contribution >= 0.6 is 0 Å². The van der Waals surface area contributed by atoms with Crippen LogP contribution in [0.25, 0.3) is 0 Å². The maximum atomic E-state index is 11.6. The zero-order chi connectivity index (χ0) is 11.4. The van der Waals surface area contributed by atoms with E-state index < -0.39 is 0 Å². The molecule has 0 fully saturated rings. The van der Waals surface area contributed by atoms with Crippen LogP contribution in [0, 0.1) is 13.8 Å². The first-order valence-electron chi connectivity index (χ1n) is 4.93. The third-order valence-electron chi connectivity index (χ3n) is 2.38. The molecule has 0 spiro atoms. The second kappa shape index (κ2) is 4.82. The van der Waals surface area contributed by atoms with E-state index in [0.717, 1.165) is 11.1 Å². The quantitative estimate of drug-likeness (QED) is 0.716. The van der Waals surface area contributed by atoms with Gasteiger partial charge in [-0.1, -0.05) is 6.07 Å². The summed E-state index contributed by atoms with van der Waals surface area (Å²) < 4.78 is 10.2. The lowest BCUT2D eigenvalue weighted by Crippen LogP contribution is -2.08. The molecule has 82 valence electrons. The van der Waals surface area contributed by atoms with Crippen molar-refractivity contribution in [3.63, 3.8) is 0 Å². The lowest BCUT2D eigenvalue weighted by Gasteiger charge is -2.12. The first kappa shape index (κ1) is 11.6. The van der Waals surface area contributed by atoms with Crippen molar-refractivity contribution in [2.45, 2.75) is 20.8 Å². The highest BCUT2D eigenvalue weighted by Crippen LogP contribution is 2.26. The van der Waals surface area contributed by atoms with Gasteiger partial charge in [-0.3, -0.25) is 0 Å². The maximum absolute atomic E-state index is 11.6. The van der Waals surface area contributed by atoms with Gasteiger partial charge in [-0.05, 0) is 38.0 Å². The van der Waals surface area contributed by atoms with E-state index >= 15 is 0 Å². The van der Waals surface area contributed by atoms with E-state index in [1.54, 1.807) is 20.1 Å². The van der Waals surface area contributed by atoms with E-state index in [1.165, 1.54) is 0 Å². The van der Waals surface area contributed by atoms with E-state index in [0.29, 0.717) is 17.9 Å². The van der Waals surface area contributed by atoms with Crippen LogP contribution in [0.15, 0.2) is 12.1 Å². The molecule has 0 aliphatic carbocycles. The molecule has 3 heteroatoms. The molecule has 3 nitrogen and oxygen atoms in total. The predicted molar refractivity (Wildman–Crippen MR) is 58.4 cm³/mol. The summed E-state index contributed by atoms with van der Waals surface area (Å²) in [7, 11) is 1.56. The van der Waals surface area contributed by atoms with Crippen LogP contribution in [-0.4, -0.2) is 19.7 Å². The average molecular weight is 208 g/mol. The highest BCUT2D eigenvalue weighted by atomic mass is 16.5. The number of carbonyl (C=O) groups is 1. The van der Waals surface area contributed by atoms with Crippen molar-refractivity contribution >= 4 is 5.97 Å². The summed E-state index contributed by atoms with van der Waals surface area (Å²) >= 11 is 0. The van der Waals surface area contributed by atoms with E-state index in [-0.39, 0.29) is 5.97 Å². The molecule has 0 aliphatic rings. The first-order chi connectivity index (χ1) is 7.11. The van der Waals surface area contributed by atoms with Crippen LogP contribution < -0.4 is 4.74 Å². The monoisotopic (exact) mass is 208 g/mol. The zero-order valence-electron chi connectivity index (χ0n) is 9.59. The number of hydrogen-bond acceptors (Lipinski definition) is 3. The molecule has 0 atom stereocenters. The van der Waals surface area contributed by atoms with Crippen LogP contribution in [0.1, 0.15) is 28.4 Å². The van der Waals surface area contributed by atoms with Crippen molar-refractivity contribution in [1.29, 1.82) is 0 Å². The summed E-state index contributed by atoms with van der Waals surface area (Å²) in [6.45, 7) is 6.06. The number of esters is 1. The third-order valence-corrected chi connectivity index (χ3v) is 2.38. The molecule has 0 aliphatic heterocycles. The van der Waals surface area contributed by atoms with Crippen LogP contribution in [-0.2, 0) is 4.74 Å². The minimum absolute atomic E-state index is 0.336. The second-order valence-electron chi connectivity index (χ2n) is 3.31. The number of aryl methyl sites for hydroxylation is 1. The highest BCUT2D eigenvalue weighted by Gasteiger charge is 2.15. The van der Waals surface area contributed by atoms with Crippen molar-refractivity contribution in [3.8, 4) is 5.75 Å². The molecule has 1 rings (SSSR count). The van der Waals surface area contributed by atoms with Crippen molar-refractivity contribution in [2.75, 3.05) is 13.7 Å². The normalized spacial score (nSPS) is 9.87. The summed E-state index contributed by atoms with van der Waals surface area (Å²) in [5, 5.41) is 0. The van der Waals surface area contributed by atoms with Gasteiger partial charge in [-0.2, -0.15) is 0 Å².